The minimum absolute atomic E-state index is 0.0354. The number of carbonyl (C=O) groups excluding carboxylic acids is 3. The zero-order chi connectivity index (χ0) is 16.8. The largest absolute Gasteiger partial charge is 0.342 e. The van der Waals surface area contributed by atoms with E-state index in [1.165, 1.54) is 4.90 Å². The van der Waals surface area contributed by atoms with Crippen molar-refractivity contribution in [2.24, 2.45) is 11.3 Å². The summed E-state index contributed by atoms with van der Waals surface area (Å²) in [7, 11) is 0. The third kappa shape index (κ3) is 2.95. The van der Waals surface area contributed by atoms with E-state index in [0.29, 0.717) is 19.6 Å². The standard InChI is InChI=1S/C17H27N3O3/c1-17(2,3)15(22)18-8-4-6-12(10-18)11-20-14(21)13-7-5-9-19(13)16(20)23/h12-13H,4-11H2,1-3H3/t12-,13-/m0/s1. The van der Waals surface area contributed by atoms with Crippen LogP contribution in [0.4, 0.5) is 4.79 Å². The number of hydrogen-bond acceptors (Lipinski definition) is 3. The molecule has 3 fully saturated rings. The Morgan fingerprint density at radius 2 is 1.83 bits per heavy atom. The van der Waals surface area contributed by atoms with Crippen LogP contribution < -0.4 is 0 Å². The van der Waals surface area contributed by atoms with E-state index in [2.05, 4.69) is 0 Å². The Kier molecular flexibility index (Phi) is 4.10. The predicted molar refractivity (Wildman–Crippen MR) is 85.6 cm³/mol. The lowest BCUT2D eigenvalue weighted by Gasteiger charge is -2.37. The molecule has 0 spiro atoms. The maximum absolute atomic E-state index is 12.5. The van der Waals surface area contributed by atoms with Crippen molar-refractivity contribution in [2.75, 3.05) is 26.2 Å². The number of rotatable bonds is 2. The quantitative estimate of drug-likeness (QED) is 0.727. The number of hydrogen-bond donors (Lipinski definition) is 0. The van der Waals surface area contributed by atoms with Crippen LogP contribution in [-0.4, -0.2) is 64.8 Å². The van der Waals surface area contributed by atoms with Gasteiger partial charge in [0.2, 0.25) is 5.91 Å². The summed E-state index contributed by atoms with van der Waals surface area (Å²) in [5, 5.41) is 0. The van der Waals surface area contributed by atoms with Crippen molar-refractivity contribution >= 4 is 17.8 Å². The van der Waals surface area contributed by atoms with E-state index in [0.717, 1.165) is 32.2 Å². The van der Waals surface area contributed by atoms with Crippen molar-refractivity contribution in [3.8, 4) is 0 Å². The van der Waals surface area contributed by atoms with Gasteiger partial charge in [-0.25, -0.2) is 4.79 Å². The van der Waals surface area contributed by atoms with Gasteiger partial charge in [0.15, 0.2) is 0 Å². The predicted octanol–water partition coefficient (Wildman–Crippen LogP) is 1.70. The summed E-state index contributed by atoms with van der Waals surface area (Å²) >= 11 is 0. The molecule has 0 radical (unpaired) electrons. The molecule has 3 rings (SSSR count). The van der Waals surface area contributed by atoms with Gasteiger partial charge in [-0.15, -0.1) is 0 Å². The maximum atomic E-state index is 12.5. The Morgan fingerprint density at radius 3 is 2.48 bits per heavy atom. The molecule has 3 aliphatic heterocycles. The fourth-order valence-corrected chi connectivity index (χ4v) is 3.98. The molecular formula is C17H27N3O3. The summed E-state index contributed by atoms with van der Waals surface area (Å²) in [5.41, 5.74) is -0.385. The normalized spacial score (nSPS) is 28.6. The van der Waals surface area contributed by atoms with Crippen molar-refractivity contribution in [3.63, 3.8) is 0 Å². The first-order valence-electron chi connectivity index (χ1n) is 8.70. The molecule has 0 saturated carbocycles. The van der Waals surface area contributed by atoms with Crippen LogP contribution in [0, 0.1) is 11.3 Å². The molecule has 0 bridgehead atoms. The number of imide groups is 1. The van der Waals surface area contributed by atoms with Crippen molar-refractivity contribution < 1.29 is 14.4 Å². The average molecular weight is 321 g/mol. The zero-order valence-corrected chi connectivity index (χ0v) is 14.4. The van der Waals surface area contributed by atoms with E-state index in [1.807, 2.05) is 25.7 Å². The number of nitrogens with zero attached hydrogens (tertiary/aromatic N) is 3. The smallest absolute Gasteiger partial charge is 0.327 e. The number of carbonyl (C=O) groups is 3. The van der Waals surface area contributed by atoms with Crippen molar-refractivity contribution in [3.05, 3.63) is 0 Å². The fraction of sp³-hybridized carbons (Fsp3) is 0.824. The highest BCUT2D eigenvalue weighted by molar-refractivity contribution is 6.04. The van der Waals surface area contributed by atoms with Gasteiger partial charge in [-0.3, -0.25) is 14.5 Å². The van der Waals surface area contributed by atoms with Crippen molar-refractivity contribution in [1.29, 1.82) is 0 Å². The molecule has 3 aliphatic rings. The topological polar surface area (TPSA) is 60.9 Å². The van der Waals surface area contributed by atoms with E-state index in [-0.39, 0.29) is 35.2 Å². The molecule has 6 heteroatoms. The summed E-state index contributed by atoms with van der Waals surface area (Å²) in [4.78, 5) is 42.3. The molecule has 3 heterocycles. The van der Waals surface area contributed by atoms with Gasteiger partial charge in [0.1, 0.15) is 6.04 Å². The van der Waals surface area contributed by atoms with Crippen LogP contribution in [0.5, 0.6) is 0 Å². The molecule has 0 aromatic carbocycles. The molecule has 4 amide bonds. The Labute approximate surface area is 137 Å². The molecule has 128 valence electrons. The van der Waals surface area contributed by atoms with Crippen LogP contribution >= 0.6 is 0 Å². The second-order valence-corrected chi connectivity index (χ2v) is 8.09. The van der Waals surface area contributed by atoms with Gasteiger partial charge in [0, 0.05) is 31.6 Å². The van der Waals surface area contributed by atoms with Gasteiger partial charge in [-0.2, -0.15) is 0 Å². The molecule has 0 unspecified atom stereocenters. The third-order valence-electron chi connectivity index (χ3n) is 5.17. The molecule has 2 atom stereocenters. The minimum Gasteiger partial charge on any atom is -0.342 e. The average Bonchev–Trinajstić information content (AvgIpc) is 3.06. The Hall–Kier alpha value is -1.59. The zero-order valence-electron chi connectivity index (χ0n) is 14.4. The SMILES string of the molecule is CC(C)(C)C(=O)N1CCC[C@H](CN2C(=O)[C@@H]3CCCN3C2=O)C1. The number of fused-ring (bicyclic) bond motifs is 1. The lowest BCUT2D eigenvalue weighted by Crippen LogP contribution is -2.48. The lowest BCUT2D eigenvalue weighted by molar-refractivity contribution is -0.141. The van der Waals surface area contributed by atoms with Gasteiger partial charge in [-0.1, -0.05) is 20.8 Å². The second-order valence-electron chi connectivity index (χ2n) is 8.09. The minimum atomic E-state index is -0.385. The number of urea groups is 1. The van der Waals surface area contributed by atoms with E-state index in [4.69, 9.17) is 0 Å². The van der Waals surface area contributed by atoms with Gasteiger partial charge in [-0.05, 0) is 31.6 Å². The molecule has 3 saturated heterocycles. The summed E-state index contributed by atoms with van der Waals surface area (Å²) in [6.07, 6.45) is 3.62. The first-order valence-corrected chi connectivity index (χ1v) is 8.70. The third-order valence-corrected chi connectivity index (χ3v) is 5.17. The van der Waals surface area contributed by atoms with Crippen LogP contribution in [0.15, 0.2) is 0 Å². The fourth-order valence-electron chi connectivity index (χ4n) is 3.98. The molecule has 0 aromatic heterocycles. The van der Waals surface area contributed by atoms with Gasteiger partial charge in [0.05, 0.1) is 0 Å². The second kappa shape index (κ2) is 5.80. The van der Waals surface area contributed by atoms with Gasteiger partial charge in [0.25, 0.3) is 5.91 Å². The highest BCUT2D eigenvalue weighted by atomic mass is 16.2. The van der Waals surface area contributed by atoms with Crippen LogP contribution in [0.3, 0.4) is 0 Å². The monoisotopic (exact) mass is 321 g/mol. The van der Waals surface area contributed by atoms with Gasteiger partial charge < -0.3 is 9.80 Å². The molecular weight excluding hydrogens is 294 g/mol. The summed E-state index contributed by atoms with van der Waals surface area (Å²) in [5.74, 6) is 0.316. The first-order chi connectivity index (χ1) is 10.8. The van der Waals surface area contributed by atoms with Crippen molar-refractivity contribution in [1.82, 2.24) is 14.7 Å². The molecule has 0 aliphatic carbocycles. The maximum Gasteiger partial charge on any atom is 0.327 e. The first kappa shape index (κ1) is 16.3. The molecule has 0 N–H and O–H groups in total. The number of amides is 4. The summed E-state index contributed by atoms with van der Waals surface area (Å²) < 4.78 is 0. The Balaban J connectivity index is 1.63. The summed E-state index contributed by atoms with van der Waals surface area (Å²) in [6.45, 7) is 8.38. The Morgan fingerprint density at radius 1 is 1.13 bits per heavy atom. The van der Waals surface area contributed by atoms with Crippen molar-refractivity contribution in [2.45, 2.75) is 52.5 Å². The number of likely N-dealkylation sites (tertiary alicyclic amines) is 1. The van der Waals surface area contributed by atoms with Crippen LogP contribution in [-0.2, 0) is 9.59 Å². The molecule has 6 nitrogen and oxygen atoms in total. The number of piperidine rings is 1. The van der Waals surface area contributed by atoms with Crippen LogP contribution in [0.25, 0.3) is 0 Å². The van der Waals surface area contributed by atoms with Gasteiger partial charge >= 0.3 is 6.03 Å². The van der Waals surface area contributed by atoms with Crippen LogP contribution in [0.2, 0.25) is 0 Å². The van der Waals surface area contributed by atoms with E-state index >= 15 is 0 Å². The molecule has 0 aromatic rings. The highest BCUT2D eigenvalue weighted by Gasteiger charge is 2.48. The Bertz CT molecular complexity index is 504. The van der Waals surface area contributed by atoms with E-state index in [1.54, 1.807) is 4.90 Å². The van der Waals surface area contributed by atoms with E-state index in [9.17, 15) is 14.4 Å². The lowest BCUT2D eigenvalue weighted by atomic mass is 9.91. The van der Waals surface area contributed by atoms with E-state index < -0.39 is 0 Å². The summed E-state index contributed by atoms with van der Waals surface area (Å²) in [6, 6.07) is -0.352. The highest BCUT2D eigenvalue weighted by Crippen LogP contribution is 2.30. The van der Waals surface area contributed by atoms with Crippen LogP contribution in [0.1, 0.15) is 46.5 Å². The molecule has 23 heavy (non-hydrogen) atoms.